The van der Waals surface area contributed by atoms with Crippen molar-refractivity contribution < 1.29 is 4.79 Å². The van der Waals surface area contributed by atoms with Gasteiger partial charge in [-0.05, 0) is 30.8 Å². The number of amides is 1. The van der Waals surface area contributed by atoms with Crippen molar-refractivity contribution >= 4 is 17.7 Å². The molecule has 1 aliphatic carbocycles. The molecule has 4 heteroatoms. The molecule has 1 unspecified atom stereocenters. The zero-order chi connectivity index (χ0) is 11.8. The number of nitrogens with one attached hydrogen (secondary N) is 1. The van der Waals surface area contributed by atoms with E-state index in [1.54, 1.807) is 0 Å². The molecular weight excluding hydrogens is 220 g/mol. The lowest BCUT2D eigenvalue weighted by atomic mass is 9.94. The maximum absolute atomic E-state index is 11.3. The van der Waals surface area contributed by atoms with Crippen LogP contribution in [0.25, 0.3) is 0 Å². The molecule has 0 aliphatic heterocycles. The van der Waals surface area contributed by atoms with Crippen molar-refractivity contribution in [1.29, 1.82) is 0 Å². The first kappa shape index (κ1) is 13.8. The summed E-state index contributed by atoms with van der Waals surface area (Å²) in [6.07, 6.45) is 7.17. The molecule has 0 radical (unpaired) electrons. The molecule has 0 aromatic heterocycles. The topological polar surface area (TPSA) is 55.1 Å². The number of hydrogen-bond donors (Lipinski definition) is 2. The number of thioether (sulfide) groups is 1. The summed E-state index contributed by atoms with van der Waals surface area (Å²) >= 11 is 1.87. The first-order chi connectivity index (χ1) is 7.74. The van der Waals surface area contributed by atoms with Crippen molar-refractivity contribution in [3.63, 3.8) is 0 Å². The number of nitrogens with two attached hydrogens (primary N) is 1. The monoisotopic (exact) mass is 244 g/mol. The van der Waals surface area contributed by atoms with Gasteiger partial charge < -0.3 is 11.1 Å². The first-order valence-corrected chi connectivity index (χ1v) is 7.52. The fourth-order valence-electron chi connectivity index (χ4n) is 2.21. The predicted molar refractivity (Wildman–Crippen MR) is 70.6 cm³/mol. The van der Waals surface area contributed by atoms with Crippen molar-refractivity contribution in [2.75, 3.05) is 11.5 Å². The average molecular weight is 244 g/mol. The van der Waals surface area contributed by atoms with E-state index < -0.39 is 0 Å². The van der Waals surface area contributed by atoms with Gasteiger partial charge in [0.15, 0.2) is 0 Å². The van der Waals surface area contributed by atoms with Crippen LogP contribution in [0.3, 0.4) is 0 Å². The van der Waals surface area contributed by atoms with E-state index in [9.17, 15) is 4.79 Å². The summed E-state index contributed by atoms with van der Waals surface area (Å²) < 4.78 is 0. The van der Waals surface area contributed by atoms with E-state index in [4.69, 9.17) is 5.73 Å². The SMILES string of the molecule is CCSCCC(NC1CCCCC1)C(N)=O. The number of hydrogen-bond acceptors (Lipinski definition) is 3. The highest BCUT2D eigenvalue weighted by atomic mass is 32.2. The second-order valence-corrected chi connectivity index (χ2v) is 5.84. The number of carbonyl (C=O) groups excluding carboxylic acids is 1. The van der Waals surface area contributed by atoms with Crippen LogP contribution < -0.4 is 11.1 Å². The van der Waals surface area contributed by atoms with Gasteiger partial charge in [0.25, 0.3) is 0 Å². The normalized spacial score (nSPS) is 19.6. The molecule has 3 nitrogen and oxygen atoms in total. The van der Waals surface area contributed by atoms with Crippen molar-refractivity contribution in [3.05, 3.63) is 0 Å². The fraction of sp³-hybridized carbons (Fsp3) is 0.917. The van der Waals surface area contributed by atoms with Crippen LogP contribution in [0.4, 0.5) is 0 Å². The molecule has 0 aromatic rings. The van der Waals surface area contributed by atoms with E-state index in [-0.39, 0.29) is 11.9 Å². The second-order valence-electron chi connectivity index (χ2n) is 4.44. The van der Waals surface area contributed by atoms with E-state index >= 15 is 0 Å². The van der Waals surface area contributed by atoms with E-state index in [2.05, 4.69) is 12.2 Å². The van der Waals surface area contributed by atoms with Gasteiger partial charge in [0.1, 0.15) is 0 Å². The Morgan fingerprint density at radius 2 is 2.12 bits per heavy atom. The Balaban J connectivity index is 2.28. The van der Waals surface area contributed by atoms with E-state index in [1.807, 2.05) is 11.8 Å². The van der Waals surface area contributed by atoms with Crippen molar-refractivity contribution in [2.24, 2.45) is 5.73 Å². The standard InChI is InChI=1S/C12H24N2OS/c1-2-16-9-8-11(12(13)15)14-10-6-4-3-5-7-10/h10-11,14H,2-9H2,1H3,(H2,13,15). The lowest BCUT2D eigenvalue weighted by molar-refractivity contribution is -0.120. The van der Waals surface area contributed by atoms with Crippen LogP contribution in [0.15, 0.2) is 0 Å². The lowest BCUT2D eigenvalue weighted by Gasteiger charge is -2.26. The van der Waals surface area contributed by atoms with Gasteiger partial charge in [-0.3, -0.25) is 4.79 Å². The quantitative estimate of drug-likeness (QED) is 0.673. The number of rotatable bonds is 7. The summed E-state index contributed by atoms with van der Waals surface area (Å²) in [5, 5.41) is 3.43. The average Bonchev–Trinajstić information content (AvgIpc) is 2.29. The van der Waals surface area contributed by atoms with Gasteiger partial charge >= 0.3 is 0 Å². The van der Waals surface area contributed by atoms with Crippen molar-refractivity contribution in [3.8, 4) is 0 Å². The van der Waals surface area contributed by atoms with Gasteiger partial charge in [-0.15, -0.1) is 0 Å². The molecule has 0 spiro atoms. The van der Waals surface area contributed by atoms with E-state index in [1.165, 1.54) is 32.1 Å². The molecule has 16 heavy (non-hydrogen) atoms. The number of carbonyl (C=O) groups is 1. The first-order valence-electron chi connectivity index (χ1n) is 6.37. The molecule has 0 aromatic carbocycles. The van der Waals surface area contributed by atoms with Crippen LogP contribution in [0.5, 0.6) is 0 Å². The fourth-order valence-corrected chi connectivity index (χ4v) is 2.90. The highest BCUT2D eigenvalue weighted by Gasteiger charge is 2.20. The van der Waals surface area contributed by atoms with E-state index in [0.29, 0.717) is 6.04 Å². The van der Waals surface area contributed by atoms with Crippen LogP contribution in [0.2, 0.25) is 0 Å². The summed E-state index contributed by atoms with van der Waals surface area (Å²) in [6, 6.07) is 0.389. The Labute approximate surface area is 103 Å². The molecule has 1 amide bonds. The largest absolute Gasteiger partial charge is 0.368 e. The maximum atomic E-state index is 11.3. The third-order valence-electron chi connectivity index (χ3n) is 3.14. The third-order valence-corrected chi connectivity index (χ3v) is 4.07. The van der Waals surface area contributed by atoms with Crippen molar-refractivity contribution in [2.45, 2.75) is 57.5 Å². The smallest absolute Gasteiger partial charge is 0.234 e. The Morgan fingerprint density at radius 1 is 1.44 bits per heavy atom. The molecule has 0 saturated heterocycles. The molecule has 1 aliphatic rings. The van der Waals surface area contributed by atoms with Gasteiger partial charge in [-0.25, -0.2) is 0 Å². The number of primary amides is 1. The Kier molecular flexibility index (Phi) is 6.88. The van der Waals surface area contributed by atoms with Gasteiger partial charge in [0.05, 0.1) is 6.04 Å². The van der Waals surface area contributed by atoms with Crippen LogP contribution in [-0.2, 0) is 4.79 Å². The molecule has 1 saturated carbocycles. The molecule has 1 atom stereocenters. The van der Waals surface area contributed by atoms with Gasteiger partial charge in [0.2, 0.25) is 5.91 Å². The molecule has 1 fully saturated rings. The summed E-state index contributed by atoms with van der Waals surface area (Å²) in [6.45, 7) is 2.14. The Morgan fingerprint density at radius 3 is 2.69 bits per heavy atom. The van der Waals surface area contributed by atoms with Crippen molar-refractivity contribution in [1.82, 2.24) is 5.32 Å². The molecule has 1 rings (SSSR count). The summed E-state index contributed by atoms with van der Waals surface area (Å²) in [7, 11) is 0. The second kappa shape index (κ2) is 7.96. The van der Waals surface area contributed by atoms with Gasteiger partial charge in [-0.2, -0.15) is 11.8 Å². The Hall–Kier alpha value is -0.220. The minimum absolute atomic E-state index is 0.123. The summed E-state index contributed by atoms with van der Waals surface area (Å²) in [5.74, 6) is 1.93. The zero-order valence-electron chi connectivity index (χ0n) is 10.2. The zero-order valence-corrected chi connectivity index (χ0v) is 11.0. The summed E-state index contributed by atoms with van der Waals surface area (Å²) in [4.78, 5) is 11.3. The lowest BCUT2D eigenvalue weighted by Crippen LogP contribution is -2.47. The van der Waals surface area contributed by atoms with Crippen LogP contribution in [-0.4, -0.2) is 29.5 Å². The molecule has 3 N–H and O–H groups in total. The van der Waals surface area contributed by atoms with Crippen LogP contribution in [0, 0.1) is 0 Å². The minimum atomic E-state index is -0.192. The third kappa shape index (κ3) is 5.21. The highest BCUT2D eigenvalue weighted by molar-refractivity contribution is 7.99. The molecule has 94 valence electrons. The minimum Gasteiger partial charge on any atom is -0.368 e. The summed E-state index contributed by atoms with van der Waals surface area (Å²) in [5.41, 5.74) is 5.43. The van der Waals surface area contributed by atoms with Crippen LogP contribution >= 0.6 is 11.8 Å². The van der Waals surface area contributed by atoms with Gasteiger partial charge in [0, 0.05) is 6.04 Å². The predicted octanol–water partition coefficient (Wildman–Crippen LogP) is 1.91. The van der Waals surface area contributed by atoms with Crippen LogP contribution in [0.1, 0.15) is 45.4 Å². The Bertz CT molecular complexity index is 205. The van der Waals surface area contributed by atoms with Gasteiger partial charge in [-0.1, -0.05) is 26.2 Å². The molecular formula is C12H24N2OS. The highest BCUT2D eigenvalue weighted by Crippen LogP contribution is 2.18. The maximum Gasteiger partial charge on any atom is 0.234 e. The molecule has 0 bridgehead atoms. The van der Waals surface area contributed by atoms with E-state index in [0.717, 1.165) is 17.9 Å². The molecule has 0 heterocycles.